The largest absolute Gasteiger partial charge is 0.368 e. The van der Waals surface area contributed by atoms with Gasteiger partial charge in [-0.05, 0) is 17.7 Å². The number of benzene rings is 1. The van der Waals surface area contributed by atoms with E-state index < -0.39 is 0 Å². The number of rotatable bonds is 3. The summed E-state index contributed by atoms with van der Waals surface area (Å²) in [5.74, 6) is 0.725. The highest BCUT2D eigenvalue weighted by Crippen LogP contribution is 2.41. The van der Waals surface area contributed by atoms with Gasteiger partial charge >= 0.3 is 0 Å². The number of guanidine groups is 1. The fraction of sp³-hybridized carbons (Fsp3) is 0.0833. The molecule has 0 saturated heterocycles. The van der Waals surface area contributed by atoms with Gasteiger partial charge in [-0.3, -0.25) is 0 Å². The van der Waals surface area contributed by atoms with E-state index in [0.29, 0.717) is 6.54 Å². The molecule has 0 atom stereocenters. The van der Waals surface area contributed by atoms with Crippen LogP contribution in [0.4, 0.5) is 11.5 Å². The van der Waals surface area contributed by atoms with Crippen molar-refractivity contribution in [3.8, 4) is 0 Å². The van der Waals surface area contributed by atoms with Crippen LogP contribution in [0.25, 0.3) is 0 Å². The van der Waals surface area contributed by atoms with E-state index in [0.717, 1.165) is 27.0 Å². The Morgan fingerprint density at radius 2 is 2.24 bits per heavy atom. The minimum atomic E-state index is -0.0127. The molecule has 4 N–H and O–H groups in total. The minimum absolute atomic E-state index is 0.0127. The molecule has 0 aliphatic carbocycles. The Labute approximate surface area is 124 Å². The molecule has 1 aromatic carbocycles. The average Bonchev–Trinajstić information content (AvgIpc) is 2.51. The number of fused-ring (bicyclic) bond motifs is 2. The average molecular weight is 301 g/mol. The van der Waals surface area contributed by atoms with Crippen LogP contribution in [0.15, 0.2) is 50.8 Å². The summed E-state index contributed by atoms with van der Waals surface area (Å²) in [6.45, 7) is 0.349. The molecule has 0 spiro atoms. The van der Waals surface area contributed by atoms with E-state index in [9.17, 15) is 4.91 Å². The van der Waals surface area contributed by atoms with Gasteiger partial charge in [-0.25, -0.2) is 20.4 Å². The predicted octanol–water partition coefficient (Wildman–Crippen LogP) is 1.77. The van der Waals surface area contributed by atoms with Crippen molar-refractivity contribution >= 4 is 29.2 Å². The molecule has 21 heavy (non-hydrogen) atoms. The predicted molar refractivity (Wildman–Crippen MR) is 80.1 cm³/mol. The van der Waals surface area contributed by atoms with Crippen molar-refractivity contribution in [1.82, 2.24) is 15.4 Å². The molecule has 1 aromatic heterocycles. The Morgan fingerprint density at radius 1 is 1.38 bits per heavy atom. The van der Waals surface area contributed by atoms with Crippen LogP contribution in [0.2, 0.25) is 0 Å². The highest BCUT2D eigenvalue weighted by atomic mass is 32.2. The van der Waals surface area contributed by atoms with E-state index in [-0.39, 0.29) is 5.96 Å². The number of nitrogens with two attached hydrogens (primary N) is 1. The molecule has 1 aliphatic rings. The van der Waals surface area contributed by atoms with E-state index >= 15 is 0 Å². The normalized spacial score (nSPS) is 12.9. The van der Waals surface area contributed by atoms with E-state index in [1.807, 2.05) is 18.2 Å². The lowest BCUT2D eigenvalue weighted by molar-refractivity contribution is 0.948. The number of nitrogens with one attached hydrogen (secondary N) is 2. The van der Waals surface area contributed by atoms with Gasteiger partial charge in [0.15, 0.2) is 5.82 Å². The second-order valence-corrected chi connectivity index (χ2v) is 5.20. The molecule has 0 unspecified atom stereocenters. The van der Waals surface area contributed by atoms with Crippen LogP contribution < -0.4 is 16.5 Å². The van der Waals surface area contributed by atoms with Gasteiger partial charge in [0.05, 0.1) is 17.5 Å². The Kier molecular flexibility index (Phi) is 3.65. The summed E-state index contributed by atoms with van der Waals surface area (Å²) in [4.78, 5) is 23.6. The van der Waals surface area contributed by atoms with Crippen molar-refractivity contribution in [2.24, 2.45) is 16.0 Å². The van der Waals surface area contributed by atoms with Crippen LogP contribution in [0.3, 0.4) is 0 Å². The number of anilines is 2. The quantitative estimate of drug-likeness (QED) is 0.292. The molecular formula is C12H11N7OS. The van der Waals surface area contributed by atoms with Gasteiger partial charge in [-0.15, -0.1) is 4.91 Å². The van der Waals surface area contributed by atoms with Gasteiger partial charge in [-0.2, -0.15) is 0 Å². The number of nitroso groups, excluding NO2 is 1. The maximum absolute atomic E-state index is 9.99. The summed E-state index contributed by atoms with van der Waals surface area (Å²) in [6, 6.07) is 5.89. The Bertz CT molecular complexity index is 719. The molecule has 9 heteroatoms. The van der Waals surface area contributed by atoms with Gasteiger partial charge in [0, 0.05) is 17.3 Å². The Morgan fingerprint density at radius 3 is 3.10 bits per heavy atom. The number of nitrogens with zero attached hydrogens (tertiary/aromatic N) is 4. The molecule has 0 fully saturated rings. The zero-order valence-electron chi connectivity index (χ0n) is 10.8. The molecule has 0 radical (unpaired) electrons. The van der Waals surface area contributed by atoms with Crippen LogP contribution in [0, 0.1) is 4.91 Å². The van der Waals surface area contributed by atoms with Gasteiger partial charge in [-0.1, -0.05) is 17.8 Å². The van der Waals surface area contributed by atoms with E-state index in [2.05, 4.69) is 31.0 Å². The summed E-state index contributed by atoms with van der Waals surface area (Å²) < 4.78 is 0. The van der Waals surface area contributed by atoms with Crippen molar-refractivity contribution in [3.05, 3.63) is 41.1 Å². The zero-order chi connectivity index (χ0) is 14.7. The van der Waals surface area contributed by atoms with Gasteiger partial charge in [0.1, 0.15) is 5.03 Å². The van der Waals surface area contributed by atoms with E-state index in [1.54, 1.807) is 24.2 Å². The lowest BCUT2D eigenvalue weighted by atomic mass is 10.2. The van der Waals surface area contributed by atoms with Crippen LogP contribution in [0.1, 0.15) is 5.56 Å². The first-order chi connectivity index (χ1) is 10.3. The highest BCUT2D eigenvalue weighted by molar-refractivity contribution is 7.99. The minimum Gasteiger partial charge on any atom is -0.368 e. The molecule has 2 aromatic rings. The fourth-order valence-corrected chi connectivity index (χ4v) is 2.72. The number of hydrogen-bond donors (Lipinski definition) is 3. The summed E-state index contributed by atoms with van der Waals surface area (Å²) >= 11 is 1.56. The summed E-state index contributed by atoms with van der Waals surface area (Å²) in [6.07, 6.45) is 3.31. The van der Waals surface area contributed by atoms with Crippen LogP contribution in [-0.2, 0) is 6.54 Å². The van der Waals surface area contributed by atoms with Gasteiger partial charge in [0.25, 0.3) is 0 Å². The van der Waals surface area contributed by atoms with Crippen LogP contribution in [0.5, 0.6) is 0 Å². The van der Waals surface area contributed by atoms with E-state index in [1.165, 1.54) is 0 Å². The molecule has 0 amide bonds. The van der Waals surface area contributed by atoms with Gasteiger partial charge < -0.3 is 11.1 Å². The Hall–Kier alpha value is -2.68. The third kappa shape index (κ3) is 2.92. The second kappa shape index (κ2) is 5.75. The SMILES string of the molecule is NC(=NCc1ccc2c(c1)Nc1nccnc1S2)NN=O. The first kappa shape index (κ1) is 13.3. The lowest BCUT2D eigenvalue weighted by Crippen LogP contribution is -2.26. The number of hydrogen-bond acceptors (Lipinski definition) is 7. The molecular weight excluding hydrogens is 290 g/mol. The fourth-order valence-electron chi connectivity index (χ4n) is 1.84. The molecule has 8 nitrogen and oxygen atoms in total. The summed E-state index contributed by atoms with van der Waals surface area (Å²) in [7, 11) is 0. The standard InChI is InChI=1S/C12H11N7OS/c13-12(18-19-20)16-6-7-1-2-9-8(5-7)17-10-11(21-9)15-4-3-14-10/h1-5H,6H2,(H,14,17)(H3,13,16,18,20). The van der Waals surface area contributed by atoms with Crippen LogP contribution in [-0.4, -0.2) is 15.9 Å². The third-order valence-corrected chi connectivity index (χ3v) is 3.83. The first-order valence-corrected chi connectivity index (χ1v) is 6.85. The number of aliphatic imine (C=N–C) groups is 1. The maximum atomic E-state index is 9.99. The van der Waals surface area contributed by atoms with Crippen molar-refractivity contribution in [3.63, 3.8) is 0 Å². The summed E-state index contributed by atoms with van der Waals surface area (Å²) in [5, 5.41) is 6.54. The number of aromatic nitrogens is 2. The second-order valence-electron chi connectivity index (χ2n) is 4.17. The topological polar surface area (TPSA) is 118 Å². The third-order valence-electron chi connectivity index (χ3n) is 2.76. The first-order valence-electron chi connectivity index (χ1n) is 6.03. The van der Waals surface area contributed by atoms with E-state index in [4.69, 9.17) is 5.73 Å². The maximum Gasteiger partial charge on any atom is 0.212 e. The van der Waals surface area contributed by atoms with Crippen molar-refractivity contribution in [2.45, 2.75) is 16.5 Å². The van der Waals surface area contributed by atoms with Crippen molar-refractivity contribution < 1.29 is 0 Å². The molecule has 2 heterocycles. The summed E-state index contributed by atoms with van der Waals surface area (Å²) in [5.41, 5.74) is 9.38. The molecule has 3 rings (SSSR count). The van der Waals surface area contributed by atoms with Crippen LogP contribution >= 0.6 is 11.8 Å². The van der Waals surface area contributed by atoms with Gasteiger partial charge in [0.2, 0.25) is 5.96 Å². The Balaban J connectivity index is 1.80. The molecule has 1 aliphatic heterocycles. The zero-order valence-corrected chi connectivity index (χ0v) is 11.6. The molecule has 106 valence electrons. The smallest absolute Gasteiger partial charge is 0.212 e. The van der Waals surface area contributed by atoms with Crippen molar-refractivity contribution in [2.75, 3.05) is 5.32 Å². The molecule has 0 bridgehead atoms. The van der Waals surface area contributed by atoms with Crippen molar-refractivity contribution in [1.29, 1.82) is 0 Å². The lowest BCUT2D eigenvalue weighted by Gasteiger charge is -2.19. The monoisotopic (exact) mass is 301 g/mol. The highest BCUT2D eigenvalue weighted by Gasteiger charge is 2.17. The molecule has 0 saturated carbocycles.